The monoisotopic (exact) mass is 483 g/mol. The van der Waals surface area contributed by atoms with Crippen LogP contribution in [-0.2, 0) is 11.0 Å². The van der Waals surface area contributed by atoms with Crippen LogP contribution in [0.3, 0.4) is 0 Å². The van der Waals surface area contributed by atoms with E-state index >= 15 is 0 Å². The standard InChI is InChI=1S/C18H9BrF3N3OS2/c19-10-2-4-13-15(5-10)28-8-14-16(26)24(17(27)25(13)14)11-3-1-9(7-23)12(6-11)18(20,21)22/h1-6,14H,8H2. The molecule has 0 saturated carbocycles. The number of hydrogen-bond donors (Lipinski definition) is 0. The number of thioether (sulfide) groups is 1. The number of hydrogen-bond acceptors (Lipinski definition) is 4. The minimum Gasteiger partial charge on any atom is -0.304 e. The summed E-state index contributed by atoms with van der Waals surface area (Å²) in [5.41, 5.74) is -0.849. The Balaban J connectivity index is 1.79. The molecule has 28 heavy (non-hydrogen) atoms. The fourth-order valence-electron chi connectivity index (χ4n) is 3.22. The van der Waals surface area contributed by atoms with E-state index in [1.807, 2.05) is 18.2 Å². The van der Waals surface area contributed by atoms with Crippen molar-refractivity contribution >= 4 is 62.3 Å². The first-order valence-corrected chi connectivity index (χ1v) is 10.1. The van der Waals surface area contributed by atoms with E-state index in [1.165, 1.54) is 23.9 Å². The van der Waals surface area contributed by atoms with Crippen molar-refractivity contribution in [1.82, 2.24) is 0 Å². The molecule has 2 heterocycles. The van der Waals surface area contributed by atoms with Gasteiger partial charge in [0.1, 0.15) is 6.04 Å². The molecule has 0 N–H and O–H groups in total. The number of nitriles is 1. The van der Waals surface area contributed by atoms with Gasteiger partial charge in [-0.3, -0.25) is 9.69 Å². The van der Waals surface area contributed by atoms with Crippen molar-refractivity contribution in [3.05, 3.63) is 52.0 Å². The summed E-state index contributed by atoms with van der Waals surface area (Å²) in [5, 5.41) is 9.09. The molecule has 0 aliphatic carbocycles. The van der Waals surface area contributed by atoms with Crippen LogP contribution in [0, 0.1) is 11.3 Å². The molecule has 1 atom stereocenters. The summed E-state index contributed by atoms with van der Waals surface area (Å²) in [6.07, 6.45) is -4.72. The lowest BCUT2D eigenvalue weighted by Gasteiger charge is -2.30. The van der Waals surface area contributed by atoms with Crippen LogP contribution in [0.4, 0.5) is 24.5 Å². The molecule has 2 aliphatic rings. The first-order chi connectivity index (χ1) is 13.2. The van der Waals surface area contributed by atoms with Crippen LogP contribution in [0.2, 0.25) is 0 Å². The predicted octanol–water partition coefficient (Wildman–Crippen LogP) is 4.95. The van der Waals surface area contributed by atoms with Gasteiger partial charge in [-0.2, -0.15) is 18.4 Å². The number of fused-ring (bicyclic) bond motifs is 3. The van der Waals surface area contributed by atoms with Gasteiger partial charge in [0.25, 0.3) is 5.91 Å². The Kier molecular flexibility index (Phi) is 4.64. The van der Waals surface area contributed by atoms with Crippen LogP contribution in [0.25, 0.3) is 0 Å². The molecule has 10 heteroatoms. The largest absolute Gasteiger partial charge is 0.417 e. The zero-order valence-electron chi connectivity index (χ0n) is 13.8. The van der Waals surface area contributed by atoms with Crippen LogP contribution < -0.4 is 9.80 Å². The summed E-state index contributed by atoms with van der Waals surface area (Å²) in [4.78, 5) is 16.7. The molecule has 1 unspecified atom stereocenters. The number of rotatable bonds is 1. The molecule has 2 aromatic rings. The topological polar surface area (TPSA) is 47.3 Å². The lowest BCUT2D eigenvalue weighted by molar-refractivity contribution is -0.137. The zero-order valence-corrected chi connectivity index (χ0v) is 17.0. The smallest absolute Gasteiger partial charge is 0.304 e. The van der Waals surface area contributed by atoms with E-state index in [0.29, 0.717) is 5.75 Å². The number of alkyl halides is 3. The summed E-state index contributed by atoms with van der Waals surface area (Å²) in [6, 6.07) is 9.68. The first-order valence-electron chi connectivity index (χ1n) is 7.93. The molecule has 1 saturated heterocycles. The highest BCUT2D eigenvalue weighted by molar-refractivity contribution is 9.10. The molecule has 1 fully saturated rings. The molecule has 142 valence electrons. The second-order valence-corrected chi connectivity index (χ2v) is 8.45. The van der Waals surface area contributed by atoms with Crippen LogP contribution >= 0.6 is 39.9 Å². The van der Waals surface area contributed by atoms with Gasteiger partial charge in [-0.15, -0.1) is 11.8 Å². The molecule has 0 bridgehead atoms. The summed E-state index contributed by atoms with van der Waals surface area (Å²) in [7, 11) is 0. The van der Waals surface area contributed by atoms with Gasteiger partial charge in [0.15, 0.2) is 5.11 Å². The number of benzene rings is 2. The average Bonchev–Trinajstić information content (AvgIpc) is 2.91. The SMILES string of the molecule is N#Cc1ccc(N2C(=O)C3CSc4cc(Br)ccc4N3C2=S)cc1C(F)(F)F. The summed E-state index contributed by atoms with van der Waals surface area (Å²) in [6.45, 7) is 0. The van der Waals surface area contributed by atoms with E-state index in [9.17, 15) is 18.0 Å². The van der Waals surface area contributed by atoms with Crippen LogP contribution in [0.1, 0.15) is 11.1 Å². The van der Waals surface area contributed by atoms with Gasteiger partial charge in [-0.25, -0.2) is 0 Å². The average molecular weight is 484 g/mol. The molecular formula is C18H9BrF3N3OS2. The highest BCUT2D eigenvalue weighted by Crippen LogP contribution is 2.44. The van der Waals surface area contributed by atoms with Crippen molar-refractivity contribution in [3.8, 4) is 6.07 Å². The van der Waals surface area contributed by atoms with Gasteiger partial charge < -0.3 is 4.90 Å². The second-order valence-electron chi connectivity index (χ2n) is 6.10. The summed E-state index contributed by atoms with van der Waals surface area (Å²) in [5.74, 6) is 0.0466. The highest BCUT2D eigenvalue weighted by atomic mass is 79.9. The van der Waals surface area contributed by atoms with E-state index in [-0.39, 0.29) is 16.7 Å². The maximum absolute atomic E-state index is 13.3. The van der Waals surface area contributed by atoms with Gasteiger partial charge in [-0.05, 0) is 48.6 Å². The van der Waals surface area contributed by atoms with Crippen molar-refractivity contribution in [2.24, 2.45) is 0 Å². The molecule has 0 aromatic heterocycles. The molecule has 4 rings (SSSR count). The Morgan fingerprint density at radius 1 is 1.25 bits per heavy atom. The lowest BCUT2D eigenvalue weighted by Crippen LogP contribution is -2.39. The number of carbonyl (C=O) groups is 1. The summed E-state index contributed by atoms with van der Waals surface area (Å²) >= 11 is 10.4. The van der Waals surface area contributed by atoms with Crippen molar-refractivity contribution < 1.29 is 18.0 Å². The predicted molar refractivity (Wildman–Crippen MR) is 107 cm³/mol. The Morgan fingerprint density at radius 2 is 2.00 bits per heavy atom. The Bertz CT molecular complexity index is 1070. The fraction of sp³-hybridized carbons (Fsp3) is 0.167. The Hall–Kier alpha value is -2.09. The zero-order chi connectivity index (χ0) is 20.2. The number of halogens is 4. The van der Waals surface area contributed by atoms with Gasteiger partial charge in [-0.1, -0.05) is 15.9 Å². The van der Waals surface area contributed by atoms with E-state index in [2.05, 4.69) is 15.9 Å². The number of nitrogens with zero attached hydrogens (tertiary/aromatic N) is 3. The van der Waals surface area contributed by atoms with Crippen molar-refractivity contribution in [3.63, 3.8) is 0 Å². The van der Waals surface area contributed by atoms with Crippen molar-refractivity contribution in [2.75, 3.05) is 15.6 Å². The Labute approximate surface area is 176 Å². The van der Waals surface area contributed by atoms with E-state index in [1.54, 1.807) is 4.90 Å². The third-order valence-corrected chi connectivity index (χ3v) is 6.47. The van der Waals surface area contributed by atoms with Crippen molar-refractivity contribution in [2.45, 2.75) is 17.1 Å². The second kappa shape index (κ2) is 6.76. The quantitative estimate of drug-likeness (QED) is 0.537. The van der Waals surface area contributed by atoms with Crippen LogP contribution in [0.15, 0.2) is 45.8 Å². The van der Waals surface area contributed by atoms with Crippen molar-refractivity contribution in [1.29, 1.82) is 5.26 Å². The molecule has 0 radical (unpaired) electrons. The molecule has 1 amide bonds. The lowest BCUT2D eigenvalue weighted by atomic mass is 10.1. The number of thiocarbonyl (C=S) groups is 1. The van der Waals surface area contributed by atoms with Crippen LogP contribution in [0.5, 0.6) is 0 Å². The normalized spacial score (nSPS) is 18.8. The number of amides is 1. The number of carbonyl (C=O) groups excluding carboxylic acids is 1. The number of anilines is 2. The van der Waals surface area contributed by atoms with Gasteiger partial charge >= 0.3 is 6.18 Å². The minimum absolute atomic E-state index is 0.000568. The summed E-state index contributed by atoms with van der Waals surface area (Å²) < 4.78 is 40.8. The van der Waals surface area contributed by atoms with E-state index in [4.69, 9.17) is 17.5 Å². The third kappa shape index (κ3) is 2.98. The molecule has 0 spiro atoms. The molecule has 4 nitrogen and oxygen atoms in total. The Morgan fingerprint density at radius 3 is 2.68 bits per heavy atom. The molecule has 2 aromatic carbocycles. The van der Waals surface area contributed by atoms with E-state index in [0.717, 1.165) is 32.1 Å². The van der Waals surface area contributed by atoms with Crippen LogP contribution in [-0.4, -0.2) is 22.8 Å². The van der Waals surface area contributed by atoms with E-state index < -0.39 is 23.3 Å². The van der Waals surface area contributed by atoms with Gasteiger partial charge in [0.2, 0.25) is 0 Å². The minimum atomic E-state index is -4.72. The maximum Gasteiger partial charge on any atom is 0.417 e. The fourth-order valence-corrected chi connectivity index (χ4v) is 5.31. The molecule has 2 aliphatic heterocycles. The third-order valence-electron chi connectivity index (χ3n) is 4.48. The highest BCUT2D eigenvalue weighted by Gasteiger charge is 2.47. The van der Waals surface area contributed by atoms with Gasteiger partial charge in [0, 0.05) is 15.1 Å². The first kappa shape index (κ1) is 19.2. The molecular weight excluding hydrogens is 475 g/mol. The van der Waals surface area contributed by atoms with Gasteiger partial charge in [0.05, 0.1) is 28.6 Å². The maximum atomic E-state index is 13.3.